The Morgan fingerprint density at radius 3 is 2.83 bits per heavy atom. The largest absolute Gasteiger partial charge is 0.488 e. The van der Waals surface area contributed by atoms with E-state index in [0.29, 0.717) is 37.4 Å². The summed E-state index contributed by atoms with van der Waals surface area (Å²) in [5.41, 5.74) is -0.393. The van der Waals surface area contributed by atoms with Crippen molar-refractivity contribution in [1.82, 2.24) is 9.88 Å². The molecule has 0 saturated carbocycles. The lowest BCUT2D eigenvalue weighted by atomic mass is 9.96. The summed E-state index contributed by atoms with van der Waals surface area (Å²) in [4.78, 5) is 19.1. The van der Waals surface area contributed by atoms with Crippen LogP contribution in [0.15, 0.2) is 18.2 Å². The van der Waals surface area contributed by atoms with Crippen molar-refractivity contribution in [2.24, 2.45) is 0 Å². The van der Waals surface area contributed by atoms with Crippen LogP contribution >= 0.6 is 11.3 Å². The van der Waals surface area contributed by atoms with Crippen molar-refractivity contribution < 1.29 is 28.2 Å². The Labute approximate surface area is 172 Å². The second-order valence-electron chi connectivity index (χ2n) is 7.09. The van der Waals surface area contributed by atoms with E-state index in [9.17, 15) is 18.7 Å². The average Bonchev–Trinajstić information content (AvgIpc) is 2.94. The molecule has 1 amide bonds. The number of hydrogen-bond donors (Lipinski definition) is 1. The second-order valence-corrected chi connectivity index (χ2v) is 8.17. The minimum atomic E-state index is -1.11. The Bertz CT molecular complexity index is 876. The molecule has 1 aliphatic heterocycles. The SMILES string of the molecule is COCC(=O)N1CCC[C@@](O)(c2nc(C)c(COc3ccc(F)c(F)c3)s2)CC1. The highest BCUT2D eigenvalue weighted by atomic mass is 32.1. The number of halogens is 2. The van der Waals surface area contributed by atoms with Gasteiger partial charge in [-0.15, -0.1) is 11.3 Å². The van der Waals surface area contributed by atoms with E-state index in [2.05, 4.69) is 4.98 Å². The van der Waals surface area contributed by atoms with Crippen LogP contribution in [0, 0.1) is 18.6 Å². The van der Waals surface area contributed by atoms with Crippen molar-refractivity contribution in [1.29, 1.82) is 0 Å². The topological polar surface area (TPSA) is 71.9 Å². The maximum atomic E-state index is 13.3. The number of amides is 1. The lowest BCUT2D eigenvalue weighted by Gasteiger charge is -2.24. The Kier molecular flexibility index (Phi) is 6.81. The van der Waals surface area contributed by atoms with Crippen LogP contribution in [0.5, 0.6) is 5.75 Å². The number of aryl methyl sites for hydroxylation is 1. The predicted octanol–water partition coefficient (Wildman–Crippen LogP) is 3.16. The van der Waals surface area contributed by atoms with Gasteiger partial charge < -0.3 is 19.5 Å². The Balaban J connectivity index is 1.68. The summed E-state index contributed by atoms with van der Waals surface area (Å²) >= 11 is 1.34. The molecule has 6 nitrogen and oxygen atoms in total. The smallest absolute Gasteiger partial charge is 0.248 e. The summed E-state index contributed by atoms with van der Waals surface area (Å²) in [5, 5.41) is 11.8. The minimum Gasteiger partial charge on any atom is -0.488 e. The number of benzene rings is 1. The fourth-order valence-electron chi connectivity index (χ4n) is 3.27. The highest BCUT2D eigenvalue weighted by Gasteiger charge is 2.36. The van der Waals surface area contributed by atoms with Gasteiger partial charge in [0.25, 0.3) is 0 Å². The zero-order valence-corrected chi connectivity index (χ0v) is 17.2. The van der Waals surface area contributed by atoms with E-state index in [0.717, 1.165) is 22.7 Å². The fraction of sp³-hybridized carbons (Fsp3) is 0.500. The molecule has 29 heavy (non-hydrogen) atoms. The monoisotopic (exact) mass is 426 g/mol. The molecule has 1 aromatic carbocycles. The minimum absolute atomic E-state index is 0.0280. The normalized spacial score (nSPS) is 19.8. The molecule has 3 rings (SSSR count). The van der Waals surface area contributed by atoms with Gasteiger partial charge in [0.15, 0.2) is 11.6 Å². The van der Waals surface area contributed by atoms with Crippen molar-refractivity contribution in [2.75, 3.05) is 26.8 Å². The van der Waals surface area contributed by atoms with Gasteiger partial charge in [0.05, 0.1) is 10.6 Å². The molecule has 2 aromatic rings. The highest BCUT2D eigenvalue weighted by molar-refractivity contribution is 7.11. The molecular formula is C20H24F2N2O4S. The van der Waals surface area contributed by atoms with Gasteiger partial charge in [-0.05, 0) is 31.9 Å². The van der Waals surface area contributed by atoms with Crippen molar-refractivity contribution in [3.05, 3.63) is 45.4 Å². The maximum absolute atomic E-state index is 13.3. The molecule has 0 radical (unpaired) electrons. The first-order valence-electron chi connectivity index (χ1n) is 9.36. The number of aromatic nitrogens is 1. The van der Waals surface area contributed by atoms with Gasteiger partial charge in [-0.3, -0.25) is 4.79 Å². The van der Waals surface area contributed by atoms with Gasteiger partial charge >= 0.3 is 0 Å². The van der Waals surface area contributed by atoms with Gasteiger partial charge in [-0.2, -0.15) is 0 Å². The van der Waals surface area contributed by atoms with Crippen molar-refractivity contribution >= 4 is 17.2 Å². The fourth-order valence-corrected chi connectivity index (χ4v) is 4.39. The number of ether oxygens (including phenoxy) is 2. The van der Waals surface area contributed by atoms with Crippen molar-refractivity contribution in [3.63, 3.8) is 0 Å². The molecule has 158 valence electrons. The summed E-state index contributed by atoms with van der Waals surface area (Å²) in [7, 11) is 1.48. The van der Waals surface area contributed by atoms with Crippen LogP contribution in [-0.4, -0.2) is 47.7 Å². The molecule has 1 aromatic heterocycles. The van der Waals surface area contributed by atoms with Crippen LogP contribution in [-0.2, 0) is 21.7 Å². The molecule has 0 bridgehead atoms. The molecule has 2 heterocycles. The summed E-state index contributed by atoms with van der Waals surface area (Å²) in [6, 6.07) is 3.37. The number of hydrogen-bond acceptors (Lipinski definition) is 6. The first kappa shape index (κ1) is 21.6. The first-order chi connectivity index (χ1) is 13.8. The molecule has 1 N–H and O–H groups in total. The number of thiazole rings is 1. The van der Waals surface area contributed by atoms with E-state index in [1.807, 2.05) is 6.92 Å². The molecule has 1 saturated heterocycles. The summed E-state index contributed by atoms with van der Waals surface area (Å²) < 4.78 is 36.8. The van der Waals surface area contributed by atoms with Gasteiger partial charge in [0.1, 0.15) is 29.6 Å². The number of methoxy groups -OCH3 is 1. The number of rotatable bonds is 6. The van der Waals surface area contributed by atoms with Crippen molar-refractivity contribution in [2.45, 2.75) is 38.4 Å². The van der Waals surface area contributed by atoms with E-state index in [1.54, 1.807) is 4.90 Å². The predicted molar refractivity (Wildman–Crippen MR) is 104 cm³/mol. The molecule has 1 fully saturated rings. The maximum Gasteiger partial charge on any atom is 0.248 e. The van der Waals surface area contributed by atoms with Crippen LogP contribution in [0.4, 0.5) is 8.78 Å². The molecular weight excluding hydrogens is 402 g/mol. The third-order valence-corrected chi connectivity index (χ3v) is 6.31. The van der Waals surface area contributed by atoms with E-state index in [4.69, 9.17) is 9.47 Å². The molecule has 1 aliphatic rings. The molecule has 0 unspecified atom stereocenters. The van der Waals surface area contributed by atoms with Crippen LogP contribution in [0.3, 0.4) is 0 Å². The van der Waals surface area contributed by atoms with E-state index in [1.165, 1.54) is 24.5 Å². The Morgan fingerprint density at radius 2 is 2.10 bits per heavy atom. The quantitative estimate of drug-likeness (QED) is 0.768. The number of carbonyl (C=O) groups is 1. The van der Waals surface area contributed by atoms with Crippen molar-refractivity contribution in [3.8, 4) is 5.75 Å². The van der Waals surface area contributed by atoms with E-state index in [-0.39, 0.29) is 24.9 Å². The number of nitrogens with zero attached hydrogens (tertiary/aromatic N) is 2. The number of carbonyl (C=O) groups excluding carboxylic acids is 1. The standard InChI is InChI=1S/C20H24F2N2O4S/c1-13-17(11-28-14-4-5-15(21)16(22)10-14)29-19(23-13)20(26)6-3-8-24(9-7-20)18(25)12-27-2/h4-5,10,26H,3,6-9,11-12H2,1-2H3/t20-/m0/s1. The lowest BCUT2D eigenvalue weighted by molar-refractivity contribution is -0.135. The third-order valence-electron chi connectivity index (χ3n) is 4.99. The molecule has 0 aliphatic carbocycles. The Morgan fingerprint density at radius 1 is 1.31 bits per heavy atom. The molecule has 9 heteroatoms. The summed E-state index contributed by atoms with van der Waals surface area (Å²) in [6.45, 7) is 2.99. The van der Waals surface area contributed by atoms with Gasteiger partial charge in [0.2, 0.25) is 5.91 Å². The molecule has 0 spiro atoms. The van der Waals surface area contributed by atoms with E-state index < -0.39 is 17.2 Å². The summed E-state index contributed by atoms with van der Waals surface area (Å²) in [5.74, 6) is -1.77. The Hall–Kier alpha value is -2.10. The lowest BCUT2D eigenvalue weighted by Crippen LogP contribution is -2.35. The molecule has 1 atom stereocenters. The summed E-state index contributed by atoms with van der Waals surface area (Å²) in [6.07, 6.45) is 1.55. The van der Waals surface area contributed by atoms with Crippen LogP contribution in [0.25, 0.3) is 0 Å². The zero-order valence-electron chi connectivity index (χ0n) is 16.4. The first-order valence-corrected chi connectivity index (χ1v) is 10.2. The highest BCUT2D eigenvalue weighted by Crippen LogP contribution is 2.37. The van der Waals surface area contributed by atoms with Gasteiger partial charge in [-0.25, -0.2) is 13.8 Å². The number of likely N-dealkylation sites (tertiary alicyclic amines) is 1. The van der Waals surface area contributed by atoms with Crippen LogP contribution < -0.4 is 4.74 Å². The van der Waals surface area contributed by atoms with Crippen LogP contribution in [0.2, 0.25) is 0 Å². The third kappa shape index (κ3) is 5.09. The van der Waals surface area contributed by atoms with Crippen LogP contribution in [0.1, 0.15) is 34.8 Å². The van der Waals surface area contributed by atoms with Gasteiger partial charge in [-0.1, -0.05) is 0 Å². The zero-order chi connectivity index (χ0) is 21.0. The second kappa shape index (κ2) is 9.15. The number of aliphatic hydroxyl groups is 1. The average molecular weight is 426 g/mol. The van der Waals surface area contributed by atoms with E-state index >= 15 is 0 Å². The van der Waals surface area contributed by atoms with Gasteiger partial charge in [0, 0.05) is 32.7 Å².